The molecule has 0 aliphatic carbocycles. The third kappa shape index (κ3) is 1.84. The average molecular weight is 177 g/mol. The Bertz CT molecular complexity index is 307. The second-order valence-corrected chi connectivity index (χ2v) is 2.90. The minimum Gasteiger partial charge on any atom is -0.382 e. The molecule has 0 amide bonds. The van der Waals surface area contributed by atoms with Gasteiger partial charge in [-0.05, 0) is 6.42 Å². The maximum Gasteiger partial charge on any atom is 0.141 e. The van der Waals surface area contributed by atoms with E-state index >= 15 is 0 Å². The lowest BCUT2D eigenvalue weighted by Crippen LogP contribution is -2.10. The SMILES string of the molecule is Nc1cnc(C2CC=CCO2)cn1. The van der Waals surface area contributed by atoms with E-state index in [9.17, 15) is 0 Å². The first-order valence-electron chi connectivity index (χ1n) is 4.20. The lowest BCUT2D eigenvalue weighted by Gasteiger charge is -2.17. The number of hydrogen-bond acceptors (Lipinski definition) is 4. The Kier molecular flexibility index (Phi) is 2.23. The van der Waals surface area contributed by atoms with E-state index in [-0.39, 0.29) is 6.10 Å². The van der Waals surface area contributed by atoms with E-state index in [4.69, 9.17) is 10.5 Å². The minimum atomic E-state index is 0.0399. The van der Waals surface area contributed by atoms with Crippen LogP contribution in [-0.2, 0) is 4.74 Å². The first-order chi connectivity index (χ1) is 6.36. The van der Waals surface area contributed by atoms with Crippen LogP contribution in [0.2, 0.25) is 0 Å². The van der Waals surface area contributed by atoms with Crippen LogP contribution in [0.5, 0.6) is 0 Å². The summed E-state index contributed by atoms with van der Waals surface area (Å²) in [4.78, 5) is 8.12. The number of aromatic nitrogens is 2. The molecule has 68 valence electrons. The van der Waals surface area contributed by atoms with Crippen LogP contribution in [0.1, 0.15) is 18.2 Å². The number of rotatable bonds is 1. The van der Waals surface area contributed by atoms with Crippen molar-refractivity contribution < 1.29 is 4.74 Å². The highest BCUT2D eigenvalue weighted by molar-refractivity contribution is 5.23. The van der Waals surface area contributed by atoms with E-state index in [0.717, 1.165) is 12.1 Å². The van der Waals surface area contributed by atoms with Gasteiger partial charge in [-0.2, -0.15) is 0 Å². The van der Waals surface area contributed by atoms with Crippen molar-refractivity contribution >= 4 is 5.82 Å². The summed E-state index contributed by atoms with van der Waals surface area (Å²) in [6.07, 6.45) is 8.21. The molecule has 0 saturated heterocycles. The van der Waals surface area contributed by atoms with Crippen molar-refractivity contribution in [1.29, 1.82) is 0 Å². The van der Waals surface area contributed by atoms with Gasteiger partial charge in [-0.25, -0.2) is 4.98 Å². The molecular formula is C9H11N3O. The largest absolute Gasteiger partial charge is 0.382 e. The molecule has 1 unspecified atom stereocenters. The Morgan fingerprint density at radius 3 is 2.85 bits per heavy atom. The monoisotopic (exact) mass is 177 g/mol. The number of nitrogens with zero attached hydrogens (tertiary/aromatic N) is 2. The molecule has 2 heterocycles. The van der Waals surface area contributed by atoms with Crippen molar-refractivity contribution in [2.45, 2.75) is 12.5 Å². The standard InChI is InChI=1S/C9H11N3O/c10-9-6-11-7(5-12-9)8-3-1-2-4-13-8/h1-2,5-6,8H,3-4H2,(H2,10,12). The molecule has 0 radical (unpaired) electrons. The van der Waals surface area contributed by atoms with E-state index < -0.39 is 0 Å². The predicted molar refractivity (Wildman–Crippen MR) is 48.9 cm³/mol. The molecule has 0 fully saturated rings. The topological polar surface area (TPSA) is 61.0 Å². The first-order valence-corrected chi connectivity index (χ1v) is 4.20. The molecule has 1 atom stereocenters. The van der Waals surface area contributed by atoms with E-state index in [1.165, 1.54) is 0 Å². The zero-order valence-electron chi connectivity index (χ0n) is 7.18. The molecule has 0 spiro atoms. The fraction of sp³-hybridized carbons (Fsp3) is 0.333. The molecule has 0 bridgehead atoms. The Balaban J connectivity index is 2.15. The molecule has 0 saturated carbocycles. The summed E-state index contributed by atoms with van der Waals surface area (Å²) in [5.74, 6) is 0.440. The third-order valence-corrected chi connectivity index (χ3v) is 1.93. The van der Waals surface area contributed by atoms with Gasteiger partial charge in [0, 0.05) is 0 Å². The quantitative estimate of drug-likeness (QED) is 0.652. The molecule has 1 aromatic rings. The van der Waals surface area contributed by atoms with Crippen LogP contribution < -0.4 is 5.73 Å². The van der Waals surface area contributed by atoms with Crippen molar-refractivity contribution in [3.05, 3.63) is 30.2 Å². The van der Waals surface area contributed by atoms with Crippen molar-refractivity contribution in [2.75, 3.05) is 12.3 Å². The fourth-order valence-corrected chi connectivity index (χ4v) is 1.25. The van der Waals surface area contributed by atoms with Gasteiger partial charge in [0.05, 0.1) is 24.7 Å². The van der Waals surface area contributed by atoms with Gasteiger partial charge in [0.15, 0.2) is 0 Å². The average Bonchev–Trinajstić information content (AvgIpc) is 2.20. The van der Waals surface area contributed by atoms with Crippen LogP contribution in [0.25, 0.3) is 0 Å². The second-order valence-electron chi connectivity index (χ2n) is 2.90. The maximum atomic E-state index is 5.47. The van der Waals surface area contributed by atoms with Gasteiger partial charge in [-0.1, -0.05) is 12.2 Å². The number of ether oxygens (including phenoxy) is 1. The molecule has 1 aromatic heterocycles. The summed E-state index contributed by atoms with van der Waals surface area (Å²) in [6.45, 7) is 0.650. The highest BCUT2D eigenvalue weighted by atomic mass is 16.5. The molecule has 2 rings (SSSR count). The van der Waals surface area contributed by atoms with Gasteiger partial charge in [0.2, 0.25) is 0 Å². The summed E-state index contributed by atoms with van der Waals surface area (Å²) in [6, 6.07) is 0. The molecule has 2 N–H and O–H groups in total. The zero-order valence-corrected chi connectivity index (χ0v) is 7.18. The summed E-state index contributed by atoms with van der Waals surface area (Å²) < 4.78 is 5.47. The third-order valence-electron chi connectivity index (χ3n) is 1.93. The smallest absolute Gasteiger partial charge is 0.141 e. The molecule has 1 aliphatic rings. The maximum absolute atomic E-state index is 5.47. The second kappa shape index (κ2) is 3.53. The van der Waals surface area contributed by atoms with Crippen LogP contribution in [0, 0.1) is 0 Å². The lowest BCUT2D eigenvalue weighted by molar-refractivity contribution is 0.0644. The highest BCUT2D eigenvalue weighted by Gasteiger charge is 2.13. The number of anilines is 1. The van der Waals surface area contributed by atoms with Crippen molar-refractivity contribution in [3.8, 4) is 0 Å². The lowest BCUT2D eigenvalue weighted by atomic mass is 10.1. The van der Waals surface area contributed by atoms with Crippen molar-refractivity contribution in [1.82, 2.24) is 9.97 Å². The predicted octanol–water partition coefficient (Wildman–Crippen LogP) is 1.08. The van der Waals surface area contributed by atoms with Gasteiger partial charge in [0.1, 0.15) is 11.9 Å². The van der Waals surface area contributed by atoms with Crippen LogP contribution >= 0.6 is 0 Å². The van der Waals surface area contributed by atoms with Crippen LogP contribution in [-0.4, -0.2) is 16.6 Å². The Labute approximate surface area is 76.5 Å². The summed E-state index contributed by atoms with van der Waals surface area (Å²) >= 11 is 0. The van der Waals surface area contributed by atoms with E-state index in [0.29, 0.717) is 12.4 Å². The van der Waals surface area contributed by atoms with Crippen LogP contribution in [0.4, 0.5) is 5.82 Å². The molecule has 4 nitrogen and oxygen atoms in total. The molecule has 13 heavy (non-hydrogen) atoms. The Morgan fingerprint density at radius 1 is 1.31 bits per heavy atom. The van der Waals surface area contributed by atoms with Gasteiger partial charge >= 0.3 is 0 Å². The number of nitrogen functional groups attached to an aromatic ring is 1. The van der Waals surface area contributed by atoms with Crippen molar-refractivity contribution in [3.63, 3.8) is 0 Å². The van der Waals surface area contributed by atoms with Crippen LogP contribution in [0.3, 0.4) is 0 Å². The van der Waals surface area contributed by atoms with E-state index in [1.54, 1.807) is 12.4 Å². The van der Waals surface area contributed by atoms with Gasteiger partial charge in [-0.3, -0.25) is 4.98 Å². The normalized spacial score (nSPS) is 21.7. The van der Waals surface area contributed by atoms with E-state index in [1.807, 2.05) is 6.08 Å². The molecule has 4 heteroatoms. The van der Waals surface area contributed by atoms with Crippen molar-refractivity contribution in [2.24, 2.45) is 0 Å². The van der Waals surface area contributed by atoms with E-state index in [2.05, 4.69) is 16.0 Å². The summed E-state index contributed by atoms with van der Waals surface area (Å²) in [5, 5.41) is 0. The van der Waals surface area contributed by atoms with Gasteiger partial charge in [0.25, 0.3) is 0 Å². The van der Waals surface area contributed by atoms with Gasteiger partial charge < -0.3 is 10.5 Å². The Hall–Kier alpha value is -1.42. The summed E-state index contributed by atoms with van der Waals surface area (Å²) in [5.41, 5.74) is 6.27. The number of nitrogens with two attached hydrogens (primary N) is 1. The molecule has 1 aliphatic heterocycles. The number of hydrogen-bond donors (Lipinski definition) is 1. The molecule has 0 aromatic carbocycles. The fourth-order valence-electron chi connectivity index (χ4n) is 1.25. The first kappa shape index (κ1) is 8.19. The summed E-state index contributed by atoms with van der Waals surface area (Å²) in [7, 11) is 0. The molecular weight excluding hydrogens is 166 g/mol. The Morgan fingerprint density at radius 2 is 2.23 bits per heavy atom. The van der Waals surface area contributed by atoms with Crippen LogP contribution in [0.15, 0.2) is 24.5 Å². The minimum absolute atomic E-state index is 0.0399. The highest BCUT2D eigenvalue weighted by Crippen LogP contribution is 2.21. The van der Waals surface area contributed by atoms with Gasteiger partial charge in [-0.15, -0.1) is 0 Å². The zero-order chi connectivity index (χ0) is 9.10.